The van der Waals surface area contributed by atoms with Crippen LogP contribution >= 0.6 is 0 Å². The van der Waals surface area contributed by atoms with Gasteiger partial charge in [-0.2, -0.15) is 0 Å². The Morgan fingerprint density at radius 1 is 0.880 bits per heavy atom. The topological polar surface area (TPSA) is 47.6 Å². The lowest BCUT2D eigenvalue weighted by Crippen LogP contribution is -2.32. The van der Waals surface area contributed by atoms with Crippen LogP contribution in [-0.2, 0) is 4.79 Å². The molecule has 0 spiro atoms. The molecule has 0 radical (unpaired) electrons. The third kappa shape index (κ3) is 4.98. The largest absolute Gasteiger partial charge is 0.492 e. The molecule has 3 aromatic carbocycles. The summed E-state index contributed by atoms with van der Waals surface area (Å²) in [6.45, 7) is 2.88. The predicted octanol–water partition coefficient (Wildman–Crippen LogP) is 3.72. The molecule has 0 atom stereocenters. The first kappa shape index (κ1) is 16.8. The summed E-state index contributed by atoms with van der Waals surface area (Å²) in [5, 5.41) is 5.02. The van der Waals surface area contributed by atoms with Crippen molar-refractivity contribution in [1.29, 1.82) is 0 Å². The van der Waals surface area contributed by atoms with Crippen LogP contribution in [0.25, 0.3) is 10.8 Å². The van der Waals surface area contributed by atoms with Crippen molar-refractivity contribution in [2.24, 2.45) is 0 Å². The summed E-state index contributed by atoms with van der Waals surface area (Å²) in [5.41, 5.74) is 1.19. The van der Waals surface area contributed by atoms with E-state index in [0.29, 0.717) is 18.9 Å². The van der Waals surface area contributed by atoms with E-state index in [4.69, 9.17) is 9.47 Å². The van der Waals surface area contributed by atoms with Gasteiger partial charge in [-0.25, -0.2) is 0 Å². The number of rotatable bonds is 7. The molecule has 0 aromatic heterocycles. The fourth-order valence-corrected chi connectivity index (χ4v) is 2.45. The highest BCUT2D eigenvalue weighted by atomic mass is 16.5. The third-order valence-corrected chi connectivity index (χ3v) is 3.80. The second-order valence-corrected chi connectivity index (χ2v) is 5.81. The monoisotopic (exact) mass is 335 g/mol. The van der Waals surface area contributed by atoms with Gasteiger partial charge in [0.25, 0.3) is 5.91 Å². The van der Waals surface area contributed by atoms with E-state index < -0.39 is 0 Å². The van der Waals surface area contributed by atoms with Crippen LogP contribution in [0.15, 0.2) is 66.7 Å². The minimum atomic E-state index is -0.166. The lowest BCUT2D eigenvalue weighted by molar-refractivity contribution is -0.123. The first-order valence-electron chi connectivity index (χ1n) is 8.28. The van der Waals surface area contributed by atoms with E-state index in [1.807, 2.05) is 73.7 Å². The number of carbonyl (C=O) groups excluding carboxylic acids is 1. The molecule has 4 heteroatoms. The van der Waals surface area contributed by atoms with E-state index in [1.165, 1.54) is 5.56 Å². The molecular weight excluding hydrogens is 314 g/mol. The summed E-state index contributed by atoms with van der Waals surface area (Å²) in [4.78, 5) is 11.8. The molecule has 0 unspecified atom stereocenters. The summed E-state index contributed by atoms with van der Waals surface area (Å²) in [5.74, 6) is 1.32. The fourth-order valence-electron chi connectivity index (χ4n) is 2.45. The zero-order valence-electron chi connectivity index (χ0n) is 14.2. The van der Waals surface area contributed by atoms with E-state index in [2.05, 4.69) is 5.32 Å². The second-order valence-electron chi connectivity index (χ2n) is 5.81. The Labute approximate surface area is 147 Å². The van der Waals surface area contributed by atoms with E-state index >= 15 is 0 Å². The lowest BCUT2D eigenvalue weighted by Gasteiger charge is -2.09. The smallest absolute Gasteiger partial charge is 0.258 e. The maximum absolute atomic E-state index is 11.8. The van der Waals surface area contributed by atoms with Crippen molar-refractivity contribution in [3.63, 3.8) is 0 Å². The number of hydrogen-bond acceptors (Lipinski definition) is 3. The van der Waals surface area contributed by atoms with Crippen molar-refractivity contribution in [3.8, 4) is 11.5 Å². The molecule has 128 valence electrons. The Balaban J connectivity index is 1.39. The molecule has 0 aliphatic carbocycles. The first-order chi connectivity index (χ1) is 12.2. The van der Waals surface area contributed by atoms with Crippen LogP contribution in [-0.4, -0.2) is 25.7 Å². The van der Waals surface area contributed by atoms with Gasteiger partial charge in [-0.1, -0.05) is 48.0 Å². The standard InChI is InChI=1S/C21H21NO3/c1-16-6-9-19(10-7-16)24-13-12-22-21(23)15-25-20-11-8-17-4-2-3-5-18(17)14-20/h2-11,14H,12-13,15H2,1H3,(H,22,23). The van der Waals surface area contributed by atoms with E-state index in [-0.39, 0.29) is 12.5 Å². The average molecular weight is 335 g/mol. The minimum Gasteiger partial charge on any atom is -0.492 e. The van der Waals surface area contributed by atoms with Gasteiger partial charge in [-0.15, -0.1) is 0 Å². The van der Waals surface area contributed by atoms with E-state index in [1.54, 1.807) is 0 Å². The maximum Gasteiger partial charge on any atom is 0.258 e. The summed E-state index contributed by atoms with van der Waals surface area (Å²) in [7, 11) is 0. The molecule has 3 aromatic rings. The van der Waals surface area contributed by atoms with Crippen molar-refractivity contribution >= 4 is 16.7 Å². The van der Waals surface area contributed by atoms with Crippen LogP contribution in [0.2, 0.25) is 0 Å². The number of nitrogens with one attached hydrogen (secondary N) is 1. The van der Waals surface area contributed by atoms with Crippen LogP contribution in [0.1, 0.15) is 5.56 Å². The molecular formula is C21H21NO3. The third-order valence-electron chi connectivity index (χ3n) is 3.80. The zero-order valence-corrected chi connectivity index (χ0v) is 14.2. The lowest BCUT2D eigenvalue weighted by atomic mass is 10.1. The van der Waals surface area contributed by atoms with Crippen molar-refractivity contribution < 1.29 is 14.3 Å². The predicted molar refractivity (Wildman–Crippen MR) is 99.1 cm³/mol. The highest BCUT2D eigenvalue weighted by molar-refractivity contribution is 5.84. The minimum absolute atomic E-state index is 0.0110. The molecule has 0 saturated heterocycles. The summed E-state index contributed by atoms with van der Waals surface area (Å²) in [6.07, 6.45) is 0. The Hall–Kier alpha value is -3.01. The van der Waals surface area contributed by atoms with Crippen molar-refractivity contribution in [3.05, 3.63) is 72.3 Å². The van der Waals surface area contributed by atoms with Crippen LogP contribution in [0.3, 0.4) is 0 Å². The van der Waals surface area contributed by atoms with Gasteiger partial charge in [0.2, 0.25) is 0 Å². The molecule has 0 aliphatic rings. The van der Waals surface area contributed by atoms with Gasteiger partial charge < -0.3 is 14.8 Å². The number of fused-ring (bicyclic) bond motifs is 1. The molecule has 25 heavy (non-hydrogen) atoms. The molecule has 0 bridgehead atoms. The van der Waals surface area contributed by atoms with E-state index in [9.17, 15) is 4.79 Å². The Morgan fingerprint density at radius 2 is 1.60 bits per heavy atom. The highest BCUT2D eigenvalue weighted by Crippen LogP contribution is 2.20. The Bertz CT molecular complexity index is 843. The van der Waals surface area contributed by atoms with Gasteiger partial charge in [-0.05, 0) is 42.0 Å². The van der Waals surface area contributed by atoms with Crippen molar-refractivity contribution in [2.75, 3.05) is 19.8 Å². The van der Waals surface area contributed by atoms with Crippen LogP contribution < -0.4 is 14.8 Å². The second kappa shape index (κ2) is 8.20. The molecule has 0 saturated carbocycles. The van der Waals surface area contributed by atoms with Crippen LogP contribution in [0.4, 0.5) is 0 Å². The number of carbonyl (C=O) groups is 1. The number of ether oxygens (including phenoxy) is 2. The number of aryl methyl sites for hydroxylation is 1. The molecule has 1 N–H and O–H groups in total. The van der Waals surface area contributed by atoms with Gasteiger partial charge >= 0.3 is 0 Å². The molecule has 0 heterocycles. The summed E-state index contributed by atoms with van der Waals surface area (Å²) >= 11 is 0. The van der Waals surface area contributed by atoms with Crippen LogP contribution in [0.5, 0.6) is 11.5 Å². The summed E-state index contributed by atoms with van der Waals surface area (Å²) in [6, 6.07) is 21.6. The molecule has 0 aliphatic heterocycles. The molecule has 3 rings (SSSR count). The van der Waals surface area contributed by atoms with Crippen molar-refractivity contribution in [2.45, 2.75) is 6.92 Å². The summed E-state index contributed by atoms with van der Waals surface area (Å²) < 4.78 is 11.1. The molecule has 1 amide bonds. The zero-order chi connectivity index (χ0) is 17.5. The Morgan fingerprint density at radius 3 is 2.40 bits per heavy atom. The van der Waals surface area contributed by atoms with Gasteiger partial charge in [0.15, 0.2) is 6.61 Å². The number of amides is 1. The normalized spacial score (nSPS) is 10.4. The molecule has 0 fully saturated rings. The average Bonchev–Trinajstić information content (AvgIpc) is 2.65. The molecule has 4 nitrogen and oxygen atoms in total. The van der Waals surface area contributed by atoms with E-state index in [0.717, 1.165) is 16.5 Å². The van der Waals surface area contributed by atoms with Gasteiger partial charge in [0, 0.05) is 0 Å². The van der Waals surface area contributed by atoms with Crippen LogP contribution in [0, 0.1) is 6.92 Å². The highest BCUT2D eigenvalue weighted by Gasteiger charge is 2.03. The first-order valence-corrected chi connectivity index (χ1v) is 8.28. The van der Waals surface area contributed by atoms with Gasteiger partial charge in [-0.3, -0.25) is 4.79 Å². The van der Waals surface area contributed by atoms with Gasteiger partial charge in [0.1, 0.15) is 18.1 Å². The quantitative estimate of drug-likeness (QED) is 0.669. The Kier molecular flexibility index (Phi) is 5.52. The fraction of sp³-hybridized carbons (Fsp3) is 0.190. The number of hydrogen-bond donors (Lipinski definition) is 1. The number of benzene rings is 3. The van der Waals surface area contributed by atoms with Gasteiger partial charge in [0.05, 0.1) is 6.54 Å². The van der Waals surface area contributed by atoms with Crippen molar-refractivity contribution in [1.82, 2.24) is 5.32 Å². The maximum atomic E-state index is 11.8. The SMILES string of the molecule is Cc1ccc(OCCNC(=O)COc2ccc3ccccc3c2)cc1.